The minimum absolute atomic E-state index is 0.0698. The molecule has 0 saturated carbocycles. The standard InChI is InChI=1S/C13H20N2O2/c1-11-5-4-6-12(9-11)17-8-7-15(3)13(16)10-14-2/h4-6,9,14H,7-8,10H2,1-3H3. The second-order valence-electron chi connectivity index (χ2n) is 4.01. The zero-order valence-electron chi connectivity index (χ0n) is 10.7. The zero-order valence-corrected chi connectivity index (χ0v) is 10.7. The Morgan fingerprint density at radius 1 is 1.47 bits per heavy atom. The van der Waals surface area contributed by atoms with Crippen LogP contribution in [0.1, 0.15) is 5.56 Å². The van der Waals surface area contributed by atoms with E-state index in [2.05, 4.69) is 5.32 Å². The second-order valence-corrected chi connectivity index (χ2v) is 4.01. The number of nitrogens with zero attached hydrogens (tertiary/aromatic N) is 1. The molecular weight excluding hydrogens is 216 g/mol. The Morgan fingerprint density at radius 2 is 2.24 bits per heavy atom. The third kappa shape index (κ3) is 4.87. The number of carbonyl (C=O) groups excluding carboxylic acids is 1. The Morgan fingerprint density at radius 3 is 2.88 bits per heavy atom. The minimum Gasteiger partial charge on any atom is -0.492 e. The molecule has 1 aromatic rings. The molecule has 0 aliphatic carbocycles. The Bertz CT molecular complexity index is 366. The monoisotopic (exact) mass is 236 g/mol. The molecule has 4 nitrogen and oxygen atoms in total. The van der Waals surface area contributed by atoms with Gasteiger partial charge < -0.3 is 15.0 Å². The van der Waals surface area contributed by atoms with Gasteiger partial charge >= 0.3 is 0 Å². The van der Waals surface area contributed by atoms with Gasteiger partial charge in [0.2, 0.25) is 5.91 Å². The van der Waals surface area contributed by atoms with Crippen molar-refractivity contribution in [2.75, 3.05) is 33.8 Å². The SMILES string of the molecule is CNCC(=O)N(C)CCOc1cccc(C)c1. The fourth-order valence-electron chi connectivity index (χ4n) is 1.42. The fourth-order valence-corrected chi connectivity index (χ4v) is 1.42. The Balaban J connectivity index is 2.30. The normalized spacial score (nSPS) is 10.1. The molecule has 1 amide bonds. The molecule has 0 unspecified atom stereocenters. The van der Waals surface area contributed by atoms with Gasteiger partial charge in [0.1, 0.15) is 12.4 Å². The molecule has 0 fully saturated rings. The van der Waals surface area contributed by atoms with E-state index in [0.29, 0.717) is 19.7 Å². The van der Waals surface area contributed by atoms with Crippen LogP contribution in [0.15, 0.2) is 24.3 Å². The van der Waals surface area contributed by atoms with Crippen molar-refractivity contribution in [1.82, 2.24) is 10.2 Å². The van der Waals surface area contributed by atoms with Crippen LogP contribution in [0.5, 0.6) is 5.75 Å². The first-order chi connectivity index (χ1) is 8.13. The lowest BCUT2D eigenvalue weighted by molar-refractivity contribution is -0.129. The summed E-state index contributed by atoms with van der Waals surface area (Å²) in [6.07, 6.45) is 0. The summed E-state index contributed by atoms with van der Waals surface area (Å²) in [7, 11) is 3.54. The van der Waals surface area contributed by atoms with Gasteiger partial charge in [-0.05, 0) is 31.7 Å². The summed E-state index contributed by atoms with van der Waals surface area (Å²) in [6.45, 7) is 3.49. The number of aryl methyl sites for hydroxylation is 1. The molecule has 17 heavy (non-hydrogen) atoms. The van der Waals surface area contributed by atoms with Gasteiger partial charge in [-0.2, -0.15) is 0 Å². The third-order valence-corrected chi connectivity index (χ3v) is 2.44. The van der Waals surface area contributed by atoms with E-state index in [4.69, 9.17) is 4.74 Å². The van der Waals surface area contributed by atoms with E-state index in [-0.39, 0.29) is 5.91 Å². The van der Waals surface area contributed by atoms with E-state index in [1.165, 1.54) is 5.56 Å². The maximum Gasteiger partial charge on any atom is 0.236 e. The molecule has 4 heteroatoms. The van der Waals surface area contributed by atoms with Crippen molar-refractivity contribution in [2.24, 2.45) is 0 Å². The average Bonchev–Trinajstić information content (AvgIpc) is 2.29. The molecule has 0 aromatic heterocycles. The third-order valence-electron chi connectivity index (χ3n) is 2.44. The number of rotatable bonds is 6. The smallest absolute Gasteiger partial charge is 0.236 e. The molecule has 0 aliphatic heterocycles. The van der Waals surface area contributed by atoms with Gasteiger partial charge in [0, 0.05) is 7.05 Å². The zero-order chi connectivity index (χ0) is 12.7. The summed E-state index contributed by atoms with van der Waals surface area (Å²) in [4.78, 5) is 13.1. The van der Waals surface area contributed by atoms with Gasteiger partial charge in [-0.15, -0.1) is 0 Å². The van der Waals surface area contributed by atoms with Gasteiger partial charge in [0.05, 0.1) is 13.1 Å². The van der Waals surface area contributed by atoms with Crippen molar-refractivity contribution in [3.63, 3.8) is 0 Å². The number of ether oxygens (including phenoxy) is 1. The Hall–Kier alpha value is -1.55. The maximum atomic E-state index is 11.4. The van der Waals surface area contributed by atoms with Crippen LogP contribution in [-0.4, -0.2) is 44.6 Å². The largest absolute Gasteiger partial charge is 0.492 e. The first-order valence-electron chi connectivity index (χ1n) is 5.71. The molecule has 1 N–H and O–H groups in total. The highest BCUT2D eigenvalue weighted by Gasteiger charge is 2.06. The van der Waals surface area contributed by atoms with E-state index in [1.807, 2.05) is 31.2 Å². The van der Waals surface area contributed by atoms with Crippen LogP contribution in [0.3, 0.4) is 0 Å². The summed E-state index contributed by atoms with van der Waals surface area (Å²) in [6, 6.07) is 7.88. The van der Waals surface area contributed by atoms with E-state index in [0.717, 1.165) is 5.75 Å². The van der Waals surface area contributed by atoms with Crippen molar-refractivity contribution in [3.8, 4) is 5.75 Å². The molecule has 0 atom stereocenters. The van der Waals surface area contributed by atoms with Crippen molar-refractivity contribution < 1.29 is 9.53 Å². The highest BCUT2D eigenvalue weighted by Crippen LogP contribution is 2.11. The molecule has 0 radical (unpaired) electrons. The van der Waals surface area contributed by atoms with Gasteiger partial charge in [0.25, 0.3) is 0 Å². The lowest BCUT2D eigenvalue weighted by Gasteiger charge is -2.17. The van der Waals surface area contributed by atoms with E-state index in [9.17, 15) is 4.79 Å². The summed E-state index contributed by atoms with van der Waals surface area (Å²) >= 11 is 0. The van der Waals surface area contributed by atoms with Crippen molar-refractivity contribution in [2.45, 2.75) is 6.92 Å². The van der Waals surface area contributed by atoms with E-state index in [1.54, 1.807) is 19.0 Å². The van der Waals surface area contributed by atoms with Crippen LogP contribution in [0.25, 0.3) is 0 Å². The summed E-state index contributed by atoms with van der Waals surface area (Å²) in [5.74, 6) is 0.916. The maximum absolute atomic E-state index is 11.4. The predicted molar refractivity (Wildman–Crippen MR) is 68.2 cm³/mol. The minimum atomic E-state index is 0.0698. The topological polar surface area (TPSA) is 41.6 Å². The lowest BCUT2D eigenvalue weighted by Crippen LogP contribution is -2.36. The molecule has 0 heterocycles. The molecule has 1 rings (SSSR count). The summed E-state index contributed by atoms with van der Waals surface area (Å²) < 4.78 is 5.57. The lowest BCUT2D eigenvalue weighted by atomic mass is 10.2. The number of nitrogens with one attached hydrogen (secondary N) is 1. The molecule has 0 spiro atoms. The van der Waals surface area contributed by atoms with Crippen LogP contribution in [0.2, 0.25) is 0 Å². The number of hydrogen-bond donors (Lipinski definition) is 1. The summed E-state index contributed by atoms with van der Waals surface area (Å²) in [5.41, 5.74) is 1.17. The van der Waals surface area contributed by atoms with Crippen molar-refractivity contribution in [1.29, 1.82) is 0 Å². The number of benzene rings is 1. The van der Waals surface area contributed by atoms with Crippen LogP contribution >= 0.6 is 0 Å². The number of likely N-dealkylation sites (N-methyl/N-ethyl adjacent to an activating group) is 2. The van der Waals surface area contributed by atoms with Crippen LogP contribution < -0.4 is 10.1 Å². The van der Waals surface area contributed by atoms with E-state index < -0.39 is 0 Å². The van der Waals surface area contributed by atoms with Crippen LogP contribution in [0, 0.1) is 6.92 Å². The predicted octanol–water partition coefficient (Wildman–Crippen LogP) is 1.05. The van der Waals surface area contributed by atoms with Gasteiger partial charge in [-0.25, -0.2) is 0 Å². The second kappa shape index (κ2) is 6.91. The highest BCUT2D eigenvalue weighted by atomic mass is 16.5. The van der Waals surface area contributed by atoms with Crippen LogP contribution in [-0.2, 0) is 4.79 Å². The number of hydrogen-bond acceptors (Lipinski definition) is 3. The first kappa shape index (κ1) is 13.5. The average molecular weight is 236 g/mol. The van der Waals surface area contributed by atoms with Gasteiger partial charge in [-0.3, -0.25) is 4.79 Å². The van der Waals surface area contributed by atoms with E-state index >= 15 is 0 Å². The van der Waals surface area contributed by atoms with Crippen molar-refractivity contribution >= 4 is 5.91 Å². The number of amides is 1. The van der Waals surface area contributed by atoms with Gasteiger partial charge in [0.15, 0.2) is 0 Å². The van der Waals surface area contributed by atoms with Crippen LogP contribution in [0.4, 0.5) is 0 Å². The van der Waals surface area contributed by atoms with Crippen molar-refractivity contribution in [3.05, 3.63) is 29.8 Å². The molecule has 0 aliphatic rings. The number of carbonyl (C=O) groups is 1. The molecule has 1 aromatic carbocycles. The van der Waals surface area contributed by atoms with Gasteiger partial charge in [-0.1, -0.05) is 12.1 Å². The Labute approximate surface area is 103 Å². The first-order valence-corrected chi connectivity index (χ1v) is 5.71. The Kier molecular flexibility index (Phi) is 5.49. The fraction of sp³-hybridized carbons (Fsp3) is 0.462. The quantitative estimate of drug-likeness (QED) is 0.802. The molecule has 94 valence electrons. The molecule has 0 bridgehead atoms. The molecular formula is C13H20N2O2. The highest BCUT2D eigenvalue weighted by molar-refractivity contribution is 5.77. The molecule has 0 saturated heterocycles. The summed E-state index contributed by atoms with van der Waals surface area (Å²) in [5, 5.41) is 2.83.